The van der Waals surface area contributed by atoms with Crippen molar-refractivity contribution < 1.29 is 33.4 Å². The monoisotopic (exact) mass is 577 g/mol. The quantitative estimate of drug-likeness (QED) is 0.379. The number of hydrogen-bond acceptors (Lipinski definition) is 7. The van der Waals surface area contributed by atoms with Gasteiger partial charge in [0.1, 0.15) is 11.4 Å². The molecule has 3 aliphatic heterocycles. The van der Waals surface area contributed by atoms with Crippen LogP contribution in [0, 0.1) is 0 Å². The van der Waals surface area contributed by atoms with Gasteiger partial charge in [-0.1, -0.05) is 36.4 Å². The van der Waals surface area contributed by atoms with E-state index in [-0.39, 0.29) is 12.0 Å². The third-order valence-corrected chi connectivity index (χ3v) is 7.51. The van der Waals surface area contributed by atoms with Crippen LogP contribution in [0.1, 0.15) is 74.4 Å². The number of likely N-dealkylation sites (tertiary alicyclic amines) is 1. The maximum Gasteiger partial charge on any atom is 0.410 e. The third kappa shape index (κ3) is 7.11. The van der Waals surface area contributed by atoms with Crippen LogP contribution < -0.4 is 10.2 Å². The maximum absolute atomic E-state index is 14.1. The Morgan fingerprint density at radius 1 is 1.10 bits per heavy atom. The summed E-state index contributed by atoms with van der Waals surface area (Å²) in [6.45, 7) is 7.29. The second-order valence-corrected chi connectivity index (χ2v) is 11.9. The molecule has 42 heavy (non-hydrogen) atoms. The summed E-state index contributed by atoms with van der Waals surface area (Å²) < 4.78 is 17.6. The van der Waals surface area contributed by atoms with E-state index >= 15 is 0 Å². The number of carbonyl (C=O) groups is 3. The van der Waals surface area contributed by atoms with Crippen LogP contribution >= 0.6 is 0 Å². The van der Waals surface area contributed by atoms with Gasteiger partial charge in [-0.15, -0.1) is 0 Å². The van der Waals surface area contributed by atoms with E-state index in [1.807, 2.05) is 51.1 Å². The fourth-order valence-electron chi connectivity index (χ4n) is 5.35. The van der Waals surface area contributed by atoms with Gasteiger partial charge in [-0.3, -0.25) is 14.5 Å². The molecule has 3 amide bonds. The summed E-state index contributed by atoms with van der Waals surface area (Å²) in [5.74, 6) is -0.108. The second kappa shape index (κ2) is 12.5. The van der Waals surface area contributed by atoms with Crippen LogP contribution in [0.2, 0.25) is 0 Å². The lowest BCUT2D eigenvalue weighted by molar-refractivity contribution is -0.198. The average Bonchev–Trinajstić information content (AvgIpc) is 2.98. The molecule has 10 nitrogen and oxygen atoms in total. The molecule has 2 aromatic rings. The maximum atomic E-state index is 14.1. The van der Waals surface area contributed by atoms with Crippen molar-refractivity contribution in [1.29, 1.82) is 0 Å². The standard InChI is InChI=1S/C32H39N3O7/c1-31(2,3)41-30(38)34-18-16-32(17-19-34)35(22-24-9-5-4-6-10-24)29(37)25-21-23(12-14-26(25)40-32)13-15-27(36)33-42-28-11-7-8-20-39-28/h4-6,9-10,12-15,21,28H,7-8,11,16-20,22H2,1-3H3,(H,33,36). The number of nitrogens with zero attached hydrogens (tertiary/aromatic N) is 2. The summed E-state index contributed by atoms with van der Waals surface area (Å²) in [5.41, 5.74) is 2.97. The van der Waals surface area contributed by atoms with Gasteiger partial charge in [0.25, 0.3) is 11.8 Å². The van der Waals surface area contributed by atoms with E-state index < -0.39 is 23.5 Å². The van der Waals surface area contributed by atoms with Crippen molar-refractivity contribution in [2.75, 3.05) is 19.7 Å². The predicted octanol–water partition coefficient (Wildman–Crippen LogP) is 5.04. The lowest BCUT2D eigenvalue weighted by atomic mass is 9.93. The molecule has 2 aromatic carbocycles. The number of amides is 3. The van der Waals surface area contributed by atoms with Crippen LogP contribution in [-0.4, -0.2) is 65.0 Å². The Balaban J connectivity index is 1.32. The molecule has 10 heteroatoms. The van der Waals surface area contributed by atoms with Gasteiger partial charge in [0, 0.05) is 51.6 Å². The van der Waals surface area contributed by atoms with Gasteiger partial charge in [-0.05, 0) is 62.9 Å². The van der Waals surface area contributed by atoms with Gasteiger partial charge >= 0.3 is 6.09 Å². The van der Waals surface area contributed by atoms with Crippen molar-refractivity contribution in [2.24, 2.45) is 0 Å². The summed E-state index contributed by atoms with van der Waals surface area (Å²) in [6, 6.07) is 15.1. The minimum Gasteiger partial charge on any atom is -0.467 e. The zero-order valence-corrected chi connectivity index (χ0v) is 24.5. The Kier molecular flexibility index (Phi) is 8.84. The van der Waals surface area contributed by atoms with Crippen molar-refractivity contribution >= 4 is 24.0 Å². The number of hydroxylamine groups is 1. The zero-order valence-electron chi connectivity index (χ0n) is 24.5. The molecule has 0 aliphatic carbocycles. The molecule has 1 atom stereocenters. The highest BCUT2D eigenvalue weighted by Gasteiger charge is 2.49. The highest BCUT2D eigenvalue weighted by atomic mass is 16.8. The van der Waals surface area contributed by atoms with E-state index in [9.17, 15) is 14.4 Å². The van der Waals surface area contributed by atoms with Crippen molar-refractivity contribution in [3.05, 3.63) is 71.3 Å². The fraction of sp³-hybridized carbons (Fsp3) is 0.469. The number of benzene rings is 2. The molecule has 224 valence electrons. The van der Waals surface area contributed by atoms with Gasteiger partial charge in [0.2, 0.25) is 0 Å². The van der Waals surface area contributed by atoms with E-state index in [1.165, 1.54) is 6.08 Å². The smallest absolute Gasteiger partial charge is 0.410 e. The molecule has 0 radical (unpaired) electrons. The third-order valence-electron chi connectivity index (χ3n) is 7.51. The van der Waals surface area contributed by atoms with Crippen molar-refractivity contribution in [1.82, 2.24) is 15.3 Å². The van der Waals surface area contributed by atoms with Gasteiger partial charge < -0.3 is 19.1 Å². The number of nitrogens with one attached hydrogen (secondary N) is 1. The van der Waals surface area contributed by atoms with Crippen molar-refractivity contribution in [3.63, 3.8) is 0 Å². The van der Waals surface area contributed by atoms with E-state index in [0.717, 1.165) is 24.8 Å². The molecule has 0 bridgehead atoms. The van der Waals surface area contributed by atoms with Crippen LogP contribution in [0.5, 0.6) is 5.75 Å². The van der Waals surface area contributed by atoms with E-state index in [2.05, 4.69) is 5.48 Å². The van der Waals surface area contributed by atoms with Crippen LogP contribution in [-0.2, 0) is 25.7 Å². The molecule has 5 rings (SSSR count). The number of rotatable bonds is 6. The Morgan fingerprint density at radius 3 is 2.55 bits per heavy atom. The Bertz CT molecular complexity index is 1310. The van der Waals surface area contributed by atoms with Gasteiger partial charge in [0.05, 0.1) is 5.56 Å². The van der Waals surface area contributed by atoms with E-state index in [1.54, 1.807) is 34.1 Å². The van der Waals surface area contributed by atoms with E-state index in [4.69, 9.17) is 19.0 Å². The van der Waals surface area contributed by atoms with Crippen LogP contribution in [0.3, 0.4) is 0 Å². The molecule has 1 unspecified atom stereocenters. The highest BCUT2D eigenvalue weighted by Crippen LogP contribution is 2.41. The fourth-order valence-corrected chi connectivity index (χ4v) is 5.35. The predicted molar refractivity (Wildman–Crippen MR) is 155 cm³/mol. The minimum absolute atomic E-state index is 0.164. The molecule has 0 aromatic heterocycles. The summed E-state index contributed by atoms with van der Waals surface area (Å²) in [4.78, 5) is 47.9. The lowest BCUT2D eigenvalue weighted by Gasteiger charge is -2.50. The molecule has 2 saturated heterocycles. The van der Waals surface area contributed by atoms with Gasteiger partial charge in [0.15, 0.2) is 12.0 Å². The topological polar surface area (TPSA) is 107 Å². The summed E-state index contributed by atoms with van der Waals surface area (Å²) in [7, 11) is 0. The molecule has 3 aliphatic rings. The van der Waals surface area contributed by atoms with Gasteiger partial charge in [-0.2, -0.15) is 0 Å². The number of ether oxygens (including phenoxy) is 3. The molecule has 3 heterocycles. The number of hydrogen-bond donors (Lipinski definition) is 1. The molecule has 1 N–H and O–H groups in total. The average molecular weight is 578 g/mol. The number of fused-ring (bicyclic) bond motifs is 1. The SMILES string of the molecule is CC(C)(C)OC(=O)N1CCC2(CC1)Oc1ccc(C=CC(=O)NOC3CCCCO3)cc1C(=O)N2Cc1ccccc1. The summed E-state index contributed by atoms with van der Waals surface area (Å²) in [6.07, 6.45) is 5.77. The first-order chi connectivity index (χ1) is 20.1. The van der Waals surface area contributed by atoms with Crippen molar-refractivity contribution in [2.45, 2.75) is 77.0 Å². The van der Waals surface area contributed by atoms with Gasteiger partial charge in [-0.25, -0.2) is 15.1 Å². The lowest BCUT2D eigenvalue weighted by Crippen LogP contribution is -2.63. The van der Waals surface area contributed by atoms with Crippen LogP contribution in [0.15, 0.2) is 54.6 Å². The summed E-state index contributed by atoms with van der Waals surface area (Å²) in [5, 5.41) is 0. The molecule has 2 fully saturated rings. The molecule has 0 saturated carbocycles. The Morgan fingerprint density at radius 2 is 1.86 bits per heavy atom. The Labute approximate surface area is 246 Å². The summed E-state index contributed by atoms with van der Waals surface area (Å²) >= 11 is 0. The normalized spacial score (nSPS) is 20.3. The first kappa shape index (κ1) is 29.6. The van der Waals surface area contributed by atoms with Crippen molar-refractivity contribution in [3.8, 4) is 5.75 Å². The van der Waals surface area contributed by atoms with E-state index in [0.29, 0.717) is 56.0 Å². The van der Waals surface area contributed by atoms with Crippen LogP contribution in [0.4, 0.5) is 4.79 Å². The van der Waals surface area contributed by atoms with Crippen LogP contribution in [0.25, 0.3) is 6.08 Å². The number of carbonyl (C=O) groups excluding carboxylic acids is 3. The first-order valence-corrected chi connectivity index (χ1v) is 14.5. The second-order valence-electron chi connectivity index (χ2n) is 11.9. The minimum atomic E-state index is -0.909. The number of piperidine rings is 1. The highest BCUT2D eigenvalue weighted by molar-refractivity contribution is 5.99. The molecular formula is C32H39N3O7. The zero-order chi connectivity index (χ0) is 29.7. The molecule has 1 spiro atoms. The largest absolute Gasteiger partial charge is 0.467 e. The Hall–Kier alpha value is -3.89. The molecular weight excluding hydrogens is 538 g/mol. The first-order valence-electron chi connectivity index (χ1n) is 14.5.